The van der Waals surface area contributed by atoms with Gasteiger partial charge in [0.2, 0.25) is 0 Å². The van der Waals surface area contributed by atoms with Crippen LogP contribution in [0, 0.1) is 31.6 Å². The fraction of sp³-hybridized carbons (Fsp3) is 0.650. The summed E-state index contributed by atoms with van der Waals surface area (Å²) in [5.74, 6) is 2.38. The lowest BCUT2D eigenvalue weighted by Crippen LogP contribution is -2.08. The van der Waals surface area contributed by atoms with Gasteiger partial charge in [0.05, 0.1) is 5.56 Å². The van der Waals surface area contributed by atoms with Crippen LogP contribution < -0.4 is 5.63 Å². The Morgan fingerprint density at radius 2 is 1.74 bits per heavy atom. The van der Waals surface area contributed by atoms with E-state index in [1.54, 1.807) is 13.8 Å². The summed E-state index contributed by atoms with van der Waals surface area (Å²) < 4.78 is 5.39. The summed E-state index contributed by atoms with van der Waals surface area (Å²) in [6.07, 6.45) is 5.73. The summed E-state index contributed by atoms with van der Waals surface area (Å²) >= 11 is 0. The standard InChI is InChI=1S/C20H32O3/c1-8-12(2)9-13(3)10-14(4)11-15(5)19-16(6)18(21)17(7)20(22)23-19/h11-14,21H,8-10H2,1-7H3/t12-,13+,14-/m0/s1. The molecule has 1 N–H and O–H groups in total. The van der Waals surface area contributed by atoms with Crippen molar-refractivity contribution in [3.8, 4) is 5.75 Å². The quantitative estimate of drug-likeness (QED) is 0.725. The second kappa shape index (κ2) is 8.37. The van der Waals surface area contributed by atoms with Gasteiger partial charge in [-0.2, -0.15) is 0 Å². The van der Waals surface area contributed by atoms with E-state index in [-0.39, 0.29) is 11.3 Å². The second-order valence-corrected chi connectivity index (χ2v) is 7.23. The Labute approximate surface area is 140 Å². The van der Waals surface area contributed by atoms with E-state index in [9.17, 15) is 9.90 Å². The van der Waals surface area contributed by atoms with Gasteiger partial charge in [0.15, 0.2) is 0 Å². The minimum Gasteiger partial charge on any atom is -0.507 e. The summed E-state index contributed by atoms with van der Waals surface area (Å²) in [5.41, 5.74) is 1.36. The van der Waals surface area contributed by atoms with Gasteiger partial charge >= 0.3 is 5.63 Å². The lowest BCUT2D eigenvalue weighted by Gasteiger charge is -2.19. The van der Waals surface area contributed by atoms with Crippen LogP contribution in [0.1, 0.15) is 70.8 Å². The van der Waals surface area contributed by atoms with Gasteiger partial charge in [0.25, 0.3) is 0 Å². The minimum atomic E-state index is -0.464. The zero-order chi connectivity index (χ0) is 17.7. The van der Waals surface area contributed by atoms with Crippen molar-refractivity contribution in [2.75, 3.05) is 0 Å². The summed E-state index contributed by atoms with van der Waals surface area (Å²) in [6.45, 7) is 14.3. The Morgan fingerprint density at radius 3 is 2.30 bits per heavy atom. The van der Waals surface area contributed by atoms with Crippen LogP contribution in [0.2, 0.25) is 0 Å². The predicted molar refractivity (Wildman–Crippen MR) is 96.8 cm³/mol. The number of hydrogen-bond acceptors (Lipinski definition) is 3. The monoisotopic (exact) mass is 320 g/mol. The summed E-state index contributed by atoms with van der Waals surface area (Å²) in [7, 11) is 0. The van der Waals surface area contributed by atoms with Crippen molar-refractivity contribution >= 4 is 5.57 Å². The molecule has 0 radical (unpaired) electrons. The van der Waals surface area contributed by atoms with Gasteiger partial charge in [-0.05, 0) is 56.9 Å². The normalized spacial score (nSPS) is 16.2. The van der Waals surface area contributed by atoms with Crippen LogP contribution >= 0.6 is 0 Å². The largest absolute Gasteiger partial charge is 0.507 e. The third kappa shape index (κ3) is 5.26. The van der Waals surface area contributed by atoms with Crippen molar-refractivity contribution in [3.05, 3.63) is 33.4 Å². The predicted octanol–water partition coefficient (Wildman–Crippen LogP) is 5.46. The van der Waals surface area contributed by atoms with Crippen LogP contribution in [0.5, 0.6) is 5.75 Å². The molecule has 0 amide bonds. The van der Waals surface area contributed by atoms with E-state index in [2.05, 4.69) is 33.8 Å². The number of hydrogen-bond donors (Lipinski definition) is 1. The van der Waals surface area contributed by atoms with Gasteiger partial charge in [-0.1, -0.05) is 40.2 Å². The molecule has 0 spiro atoms. The maximum absolute atomic E-state index is 11.8. The average molecular weight is 320 g/mol. The Bertz CT molecular complexity index is 610. The Kier molecular flexibility index (Phi) is 7.11. The van der Waals surface area contributed by atoms with Crippen LogP contribution in [0.4, 0.5) is 0 Å². The van der Waals surface area contributed by atoms with Crippen molar-refractivity contribution in [1.29, 1.82) is 0 Å². The smallest absolute Gasteiger partial charge is 0.342 e. The molecule has 1 rings (SSSR count). The van der Waals surface area contributed by atoms with E-state index in [1.165, 1.54) is 12.8 Å². The molecule has 0 aliphatic carbocycles. The molecule has 0 saturated heterocycles. The molecule has 1 heterocycles. The molecular formula is C20H32O3. The Morgan fingerprint density at radius 1 is 1.13 bits per heavy atom. The summed E-state index contributed by atoms with van der Waals surface area (Å²) in [4.78, 5) is 11.8. The SMILES string of the molecule is CC[C@H](C)C[C@@H](C)C[C@H](C)C=C(C)c1oc(=O)c(C)c(O)c1C. The summed E-state index contributed by atoms with van der Waals surface area (Å²) in [6, 6.07) is 0. The molecule has 0 aromatic carbocycles. The first-order valence-electron chi connectivity index (χ1n) is 8.69. The molecule has 0 aliphatic heterocycles. The van der Waals surface area contributed by atoms with E-state index in [4.69, 9.17) is 4.42 Å². The van der Waals surface area contributed by atoms with Crippen molar-refractivity contribution < 1.29 is 9.52 Å². The number of rotatable bonds is 7. The highest BCUT2D eigenvalue weighted by Gasteiger charge is 2.16. The molecule has 130 valence electrons. The van der Waals surface area contributed by atoms with E-state index < -0.39 is 5.63 Å². The van der Waals surface area contributed by atoms with Crippen molar-refractivity contribution in [2.45, 2.75) is 67.7 Å². The maximum atomic E-state index is 11.8. The van der Waals surface area contributed by atoms with Gasteiger partial charge in [0, 0.05) is 5.56 Å². The van der Waals surface area contributed by atoms with E-state index in [0.29, 0.717) is 23.2 Å². The van der Waals surface area contributed by atoms with Crippen molar-refractivity contribution in [2.24, 2.45) is 17.8 Å². The number of aromatic hydroxyl groups is 1. The molecule has 1 aromatic rings. The minimum absolute atomic E-state index is 0.0433. The molecule has 3 nitrogen and oxygen atoms in total. The van der Waals surface area contributed by atoms with Crippen LogP contribution in [-0.2, 0) is 0 Å². The molecule has 0 fully saturated rings. The first-order valence-corrected chi connectivity index (χ1v) is 8.69. The molecule has 0 bridgehead atoms. The van der Waals surface area contributed by atoms with Crippen molar-refractivity contribution in [1.82, 2.24) is 0 Å². The maximum Gasteiger partial charge on any atom is 0.342 e. The third-order valence-corrected chi connectivity index (χ3v) is 4.72. The third-order valence-electron chi connectivity index (χ3n) is 4.72. The highest BCUT2D eigenvalue weighted by atomic mass is 16.4. The average Bonchev–Trinajstić information content (AvgIpc) is 2.47. The molecule has 3 heteroatoms. The molecule has 0 unspecified atom stereocenters. The number of allylic oxidation sites excluding steroid dienone is 2. The first-order chi connectivity index (χ1) is 10.7. The zero-order valence-electron chi connectivity index (χ0n) is 15.7. The molecule has 0 aliphatic rings. The van der Waals surface area contributed by atoms with Gasteiger partial charge in [-0.3, -0.25) is 0 Å². The van der Waals surface area contributed by atoms with Gasteiger partial charge in [0.1, 0.15) is 11.5 Å². The van der Waals surface area contributed by atoms with E-state index in [1.807, 2.05) is 6.92 Å². The van der Waals surface area contributed by atoms with Crippen LogP contribution in [-0.4, -0.2) is 5.11 Å². The van der Waals surface area contributed by atoms with Gasteiger partial charge < -0.3 is 9.52 Å². The molecule has 1 aromatic heterocycles. The molecule has 23 heavy (non-hydrogen) atoms. The summed E-state index contributed by atoms with van der Waals surface area (Å²) in [5, 5.41) is 10.0. The molecular weight excluding hydrogens is 288 g/mol. The van der Waals surface area contributed by atoms with Crippen LogP contribution in [0.25, 0.3) is 5.57 Å². The Hall–Kier alpha value is -1.51. The van der Waals surface area contributed by atoms with Gasteiger partial charge in [-0.25, -0.2) is 4.79 Å². The molecule has 3 atom stereocenters. The highest BCUT2D eigenvalue weighted by molar-refractivity contribution is 5.64. The lowest BCUT2D eigenvalue weighted by molar-refractivity contribution is 0.361. The topological polar surface area (TPSA) is 50.4 Å². The fourth-order valence-electron chi connectivity index (χ4n) is 3.26. The van der Waals surface area contributed by atoms with Gasteiger partial charge in [-0.15, -0.1) is 0 Å². The van der Waals surface area contributed by atoms with Crippen LogP contribution in [0.3, 0.4) is 0 Å². The van der Waals surface area contributed by atoms with E-state index >= 15 is 0 Å². The van der Waals surface area contributed by atoms with E-state index in [0.717, 1.165) is 17.9 Å². The lowest BCUT2D eigenvalue weighted by atomic mass is 9.87. The Balaban J connectivity index is 2.90. The highest BCUT2D eigenvalue weighted by Crippen LogP contribution is 2.29. The molecule has 0 saturated carbocycles. The second-order valence-electron chi connectivity index (χ2n) is 7.23. The fourth-order valence-corrected chi connectivity index (χ4v) is 3.26. The zero-order valence-corrected chi connectivity index (χ0v) is 15.7. The van der Waals surface area contributed by atoms with Crippen LogP contribution in [0.15, 0.2) is 15.3 Å². The van der Waals surface area contributed by atoms with Crippen molar-refractivity contribution in [3.63, 3.8) is 0 Å². The first kappa shape index (κ1) is 19.5.